The van der Waals surface area contributed by atoms with E-state index in [0.717, 1.165) is 5.56 Å². The summed E-state index contributed by atoms with van der Waals surface area (Å²) in [6, 6.07) is 7.88. The molecule has 0 heterocycles. The first-order chi connectivity index (χ1) is 9.38. The van der Waals surface area contributed by atoms with Gasteiger partial charge < -0.3 is 16.2 Å². The standard InChI is InChI=1S/C14H12BrClN2O2/c1-7-4-10(15)13(11(17)5-7)18-14(20)9-3-2-8(16)6-12(9)19/h2-6,19H,17H2,1H3,(H,18,20). The van der Waals surface area contributed by atoms with E-state index in [2.05, 4.69) is 21.2 Å². The summed E-state index contributed by atoms with van der Waals surface area (Å²) in [6.45, 7) is 1.90. The van der Waals surface area contributed by atoms with E-state index >= 15 is 0 Å². The van der Waals surface area contributed by atoms with Gasteiger partial charge in [0.15, 0.2) is 0 Å². The van der Waals surface area contributed by atoms with E-state index in [1.807, 2.05) is 13.0 Å². The predicted molar refractivity (Wildman–Crippen MR) is 84.4 cm³/mol. The maximum atomic E-state index is 12.1. The smallest absolute Gasteiger partial charge is 0.259 e. The Balaban J connectivity index is 2.33. The molecular weight excluding hydrogens is 344 g/mol. The van der Waals surface area contributed by atoms with Crippen LogP contribution in [0, 0.1) is 6.92 Å². The van der Waals surface area contributed by atoms with Crippen LogP contribution < -0.4 is 11.1 Å². The van der Waals surface area contributed by atoms with Crippen molar-refractivity contribution in [3.63, 3.8) is 0 Å². The molecule has 0 atom stereocenters. The topological polar surface area (TPSA) is 75.3 Å². The Morgan fingerprint density at radius 3 is 2.65 bits per heavy atom. The molecule has 4 nitrogen and oxygen atoms in total. The highest BCUT2D eigenvalue weighted by Crippen LogP contribution is 2.31. The number of nitrogens with two attached hydrogens (primary N) is 1. The van der Waals surface area contributed by atoms with Crippen LogP contribution >= 0.6 is 27.5 Å². The van der Waals surface area contributed by atoms with Crippen molar-refractivity contribution in [1.29, 1.82) is 0 Å². The fourth-order valence-corrected chi connectivity index (χ4v) is 2.63. The number of phenols is 1. The van der Waals surface area contributed by atoms with Crippen LogP contribution in [0.25, 0.3) is 0 Å². The molecule has 6 heteroatoms. The Morgan fingerprint density at radius 2 is 2.05 bits per heavy atom. The molecule has 0 spiro atoms. The summed E-state index contributed by atoms with van der Waals surface area (Å²) in [5, 5.41) is 12.8. The van der Waals surface area contributed by atoms with Crippen LogP contribution in [0.2, 0.25) is 5.02 Å². The average Bonchev–Trinajstić information content (AvgIpc) is 2.33. The molecule has 0 saturated heterocycles. The summed E-state index contributed by atoms with van der Waals surface area (Å²) in [5.74, 6) is -0.646. The molecule has 0 aliphatic heterocycles. The van der Waals surface area contributed by atoms with Crippen LogP contribution in [-0.2, 0) is 0 Å². The van der Waals surface area contributed by atoms with Crippen molar-refractivity contribution in [2.24, 2.45) is 0 Å². The van der Waals surface area contributed by atoms with Crippen molar-refractivity contribution in [2.45, 2.75) is 6.92 Å². The number of amides is 1. The van der Waals surface area contributed by atoms with Crippen LogP contribution in [0.1, 0.15) is 15.9 Å². The average molecular weight is 356 g/mol. The zero-order chi connectivity index (χ0) is 14.9. The van der Waals surface area contributed by atoms with Gasteiger partial charge in [-0.15, -0.1) is 0 Å². The molecule has 0 fully saturated rings. The number of rotatable bonds is 2. The van der Waals surface area contributed by atoms with Crippen molar-refractivity contribution in [3.8, 4) is 5.75 Å². The Morgan fingerprint density at radius 1 is 1.35 bits per heavy atom. The van der Waals surface area contributed by atoms with Crippen molar-refractivity contribution >= 4 is 44.8 Å². The second kappa shape index (κ2) is 5.73. The number of aromatic hydroxyl groups is 1. The van der Waals surface area contributed by atoms with Gasteiger partial charge in [-0.2, -0.15) is 0 Å². The molecule has 2 aromatic rings. The second-order valence-electron chi connectivity index (χ2n) is 4.33. The summed E-state index contributed by atoms with van der Waals surface area (Å²) >= 11 is 9.08. The number of anilines is 2. The van der Waals surface area contributed by atoms with E-state index in [0.29, 0.717) is 20.9 Å². The fourth-order valence-electron chi connectivity index (χ4n) is 1.78. The highest BCUT2D eigenvalue weighted by Gasteiger charge is 2.15. The predicted octanol–water partition coefficient (Wildman–Crippen LogP) is 3.95. The normalized spacial score (nSPS) is 10.3. The van der Waals surface area contributed by atoms with Gasteiger partial charge in [0.05, 0.1) is 16.9 Å². The zero-order valence-electron chi connectivity index (χ0n) is 10.6. The quantitative estimate of drug-likeness (QED) is 0.714. The molecule has 0 radical (unpaired) electrons. The van der Waals surface area contributed by atoms with Crippen LogP contribution in [-0.4, -0.2) is 11.0 Å². The van der Waals surface area contributed by atoms with E-state index in [9.17, 15) is 9.90 Å². The minimum Gasteiger partial charge on any atom is -0.507 e. The molecule has 0 aromatic heterocycles. The van der Waals surface area contributed by atoms with Gasteiger partial charge in [0.25, 0.3) is 5.91 Å². The molecule has 0 aliphatic carbocycles. The summed E-state index contributed by atoms with van der Waals surface area (Å²) in [4.78, 5) is 12.1. The molecule has 4 N–H and O–H groups in total. The number of hydrogen-bond acceptors (Lipinski definition) is 3. The van der Waals surface area contributed by atoms with Crippen LogP contribution in [0.5, 0.6) is 5.75 Å². The Kier molecular flexibility index (Phi) is 4.20. The van der Waals surface area contributed by atoms with E-state index in [4.69, 9.17) is 17.3 Å². The molecule has 0 aliphatic rings. The van der Waals surface area contributed by atoms with E-state index in [1.165, 1.54) is 18.2 Å². The lowest BCUT2D eigenvalue weighted by atomic mass is 10.1. The first kappa shape index (κ1) is 14.7. The van der Waals surface area contributed by atoms with Gasteiger partial charge in [-0.05, 0) is 58.7 Å². The first-order valence-corrected chi connectivity index (χ1v) is 6.91. The lowest BCUT2D eigenvalue weighted by molar-refractivity contribution is 0.102. The van der Waals surface area contributed by atoms with Gasteiger partial charge in [-0.3, -0.25) is 4.79 Å². The number of benzene rings is 2. The minimum absolute atomic E-state index is 0.126. The third kappa shape index (κ3) is 3.05. The number of carbonyl (C=O) groups excluding carboxylic acids is 1. The third-order valence-electron chi connectivity index (χ3n) is 2.71. The number of halogens is 2. The Hall–Kier alpha value is -1.72. The molecule has 2 aromatic carbocycles. The molecule has 0 bridgehead atoms. The van der Waals surface area contributed by atoms with Crippen molar-refractivity contribution in [1.82, 2.24) is 0 Å². The summed E-state index contributed by atoms with van der Waals surface area (Å²) in [5.41, 5.74) is 7.89. The van der Waals surface area contributed by atoms with Crippen LogP contribution in [0.3, 0.4) is 0 Å². The summed E-state index contributed by atoms with van der Waals surface area (Å²) in [6.07, 6.45) is 0. The van der Waals surface area contributed by atoms with Crippen LogP contribution in [0.4, 0.5) is 11.4 Å². The van der Waals surface area contributed by atoms with E-state index in [1.54, 1.807) is 6.07 Å². The van der Waals surface area contributed by atoms with Gasteiger partial charge in [0, 0.05) is 9.50 Å². The first-order valence-electron chi connectivity index (χ1n) is 5.74. The highest BCUT2D eigenvalue weighted by molar-refractivity contribution is 9.10. The maximum absolute atomic E-state index is 12.1. The third-order valence-corrected chi connectivity index (χ3v) is 3.57. The molecule has 20 heavy (non-hydrogen) atoms. The van der Waals surface area contributed by atoms with Crippen molar-refractivity contribution in [3.05, 3.63) is 51.0 Å². The van der Waals surface area contributed by atoms with Gasteiger partial charge in [0.1, 0.15) is 5.75 Å². The largest absolute Gasteiger partial charge is 0.507 e. The number of hydrogen-bond donors (Lipinski definition) is 3. The van der Waals surface area contributed by atoms with Crippen LogP contribution in [0.15, 0.2) is 34.8 Å². The SMILES string of the molecule is Cc1cc(N)c(NC(=O)c2ccc(Cl)cc2O)c(Br)c1. The van der Waals surface area contributed by atoms with Gasteiger partial charge in [-0.25, -0.2) is 0 Å². The number of nitrogen functional groups attached to an aromatic ring is 1. The van der Waals surface area contributed by atoms with Crippen molar-refractivity contribution < 1.29 is 9.90 Å². The number of aryl methyl sites for hydroxylation is 1. The molecule has 1 amide bonds. The highest BCUT2D eigenvalue weighted by atomic mass is 79.9. The molecule has 0 unspecified atom stereocenters. The minimum atomic E-state index is -0.463. The van der Waals surface area contributed by atoms with E-state index in [-0.39, 0.29) is 11.3 Å². The summed E-state index contributed by atoms with van der Waals surface area (Å²) in [7, 11) is 0. The fraction of sp³-hybridized carbons (Fsp3) is 0.0714. The van der Waals surface area contributed by atoms with E-state index < -0.39 is 5.91 Å². The van der Waals surface area contributed by atoms with Gasteiger partial charge >= 0.3 is 0 Å². The molecule has 0 saturated carbocycles. The molecule has 2 rings (SSSR count). The number of phenolic OH excluding ortho intramolecular Hbond substituents is 1. The molecule has 104 valence electrons. The van der Waals surface area contributed by atoms with Gasteiger partial charge in [0.2, 0.25) is 0 Å². The number of carbonyl (C=O) groups is 1. The summed E-state index contributed by atoms with van der Waals surface area (Å²) < 4.78 is 0.678. The Labute approximate surface area is 129 Å². The Bertz CT molecular complexity index is 666. The van der Waals surface area contributed by atoms with Gasteiger partial charge in [-0.1, -0.05) is 11.6 Å². The zero-order valence-corrected chi connectivity index (χ0v) is 12.9. The maximum Gasteiger partial charge on any atom is 0.259 e. The number of nitrogens with one attached hydrogen (secondary N) is 1. The molecular formula is C14H12BrClN2O2. The lowest BCUT2D eigenvalue weighted by Gasteiger charge is -2.12. The second-order valence-corrected chi connectivity index (χ2v) is 5.62. The lowest BCUT2D eigenvalue weighted by Crippen LogP contribution is -2.14. The van der Waals surface area contributed by atoms with Crippen molar-refractivity contribution in [2.75, 3.05) is 11.1 Å². The monoisotopic (exact) mass is 354 g/mol.